The predicted molar refractivity (Wildman–Crippen MR) is 81.1 cm³/mol. The van der Waals surface area contributed by atoms with Crippen molar-refractivity contribution in [1.29, 1.82) is 0 Å². The Balaban J connectivity index is 1.88. The molecule has 1 aromatic carbocycles. The van der Waals surface area contributed by atoms with Crippen LogP contribution in [0.3, 0.4) is 0 Å². The molecule has 1 fully saturated rings. The Morgan fingerprint density at radius 3 is 2.53 bits per heavy atom. The lowest BCUT2D eigenvalue weighted by molar-refractivity contribution is 0.108. The van der Waals surface area contributed by atoms with Crippen molar-refractivity contribution in [3.05, 3.63) is 35.4 Å². The van der Waals surface area contributed by atoms with Crippen LogP contribution < -0.4 is 5.73 Å². The van der Waals surface area contributed by atoms with E-state index in [1.807, 2.05) is 12.1 Å². The van der Waals surface area contributed by atoms with Gasteiger partial charge in [-0.2, -0.15) is 0 Å². The molecule has 1 aliphatic rings. The molecule has 0 bridgehead atoms. The molecule has 1 aromatic rings. The van der Waals surface area contributed by atoms with Crippen LogP contribution in [0.15, 0.2) is 24.3 Å². The van der Waals surface area contributed by atoms with Gasteiger partial charge in [-0.15, -0.1) is 0 Å². The van der Waals surface area contributed by atoms with E-state index in [0.29, 0.717) is 4.99 Å². The van der Waals surface area contributed by atoms with E-state index in [1.165, 1.54) is 5.56 Å². The van der Waals surface area contributed by atoms with Gasteiger partial charge < -0.3 is 10.8 Å². The number of benzene rings is 1. The third-order valence-electron chi connectivity index (χ3n) is 3.50. The highest BCUT2D eigenvalue weighted by atomic mass is 32.1. The first kappa shape index (κ1) is 14.4. The maximum absolute atomic E-state index is 8.92. The Kier molecular flexibility index (Phi) is 5.27. The lowest BCUT2D eigenvalue weighted by atomic mass is 10.1. The SMILES string of the molecule is NC(=S)c1cccc(CN2CCN(CCO)CC2)c1. The van der Waals surface area contributed by atoms with E-state index in [2.05, 4.69) is 21.9 Å². The number of hydrogen-bond acceptors (Lipinski definition) is 4. The second-order valence-electron chi connectivity index (χ2n) is 4.91. The summed E-state index contributed by atoms with van der Waals surface area (Å²) in [7, 11) is 0. The standard InChI is InChI=1S/C14H21N3OS/c15-14(19)13-3-1-2-12(10-13)11-17-6-4-16(5-7-17)8-9-18/h1-3,10,18H,4-9,11H2,(H2,15,19). The van der Waals surface area contributed by atoms with Gasteiger partial charge in [0, 0.05) is 44.8 Å². The smallest absolute Gasteiger partial charge is 0.103 e. The zero-order valence-corrected chi connectivity index (χ0v) is 11.9. The first-order valence-corrected chi connectivity index (χ1v) is 7.04. The molecule has 1 aliphatic heterocycles. The van der Waals surface area contributed by atoms with E-state index in [0.717, 1.165) is 44.8 Å². The molecule has 0 aliphatic carbocycles. The third kappa shape index (κ3) is 4.24. The second-order valence-corrected chi connectivity index (χ2v) is 5.35. The zero-order valence-electron chi connectivity index (χ0n) is 11.1. The number of piperazine rings is 1. The van der Waals surface area contributed by atoms with Crippen molar-refractivity contribution >= 4 is 17.2 Å². The summed E-state index contributed by atoms with van der Waals surface area (Å²) in [6.07, 6.45) is 0. The first-order valence-electron chi connectivity index (χ1n) is 6.63. The summed E-state index contributed by atoms with van der Waals surface area (Å²) < 4.78 is 0. The summed E-state index contributed by atoms with van der Waals surface area (Å²) in [5.74, 6) is 0. The predicted octanol–water partition coefficient (Wildman–Crippen LogP) is 0.431. The van der Waals surface area contributed by atoms with Gasteiger partial charge in [-0.05, 0) is 11.6 Å². The van der Waals surface area contributed by atoms with E-state index in [4.69, 9.17) is 23.1 Å². The van der Waals surface area contributed by atoms with Crippen molar-refractivity contribution in [3.63, 3.8) is 0 Å². The summed E-state index contributed by atoms with van der Waals surface area (Å²) in [6, 6.07) is 8.14. The molecule has 0 atom stereocenters. The number of aliphatic hydroxyl groups is 1. The van der Waals surface area contributed by atoms with Gasteiger partial charge in [-0.1, -0.05) is 30.4 Å². The maximum atomic E-state index is 8.92. The molecule has 0 radical (unpaired) electrons. The summed E-state index contributed by atoms with van der Waals surface area (Å²) in [5.41, 5.74) is 7.84. The molecule has 0 unspecified atom stereocenters. The fourth-order valence-electron chi connectivity index (χ4n) is 2.39. The summed E-state index contributed by atoms with van der Waals surface area (Å²) >= 11 is 5.00. The number of rotatable bonds is 5. The molecule has 3 N–H and O–H groups in total. The highest BCUT2D eigenvalue weighted by Crippen LogP contribution is 2.10. The topological polar surface area (TPSA) is 52.7 Å². The molecule has 2 rings (SSSR count). The van der Waals surface area contributed by atoms with Crippen molar-refractivity contribution in [2.45, 2.75) is 6.54 Å². The summed E-state index contributed by atoms with van der Waals surface area (Å²) in [4.78, 5) is 5.17. The van der Waals surface area contributed by atoms with Gasteiger partial charge in [0.25, 0.3) is 0 Å². The largest absolute Gasteiger partial charge is 0.395 e. The molecule has 0 amide bonds. The fourth-order valence-corrected chi connectivity index (χ4v) is 2.52. The molecule has 0 spiro atoms. The summed E-state index contributed by atoms with van der Waals surface area (Å²) in [5, 5.41) is 8.92. The van der Waals surface area contributed by atoms with Crippen LogP contribution in [0.2, 0.25) is 0 Å². The van der Waals surface area contributed by atoms with Crippen LogP contribution >= 0.6 is 12.2 Å². The Morgan fingerprint density at radius 2 is 1.89 bits per heavy atom. The Labute approximate surface area is 119 Å². The van der Waals surface area contributed by atoms with Gasteiger partial charge in [0.2, 0.25) is 0 Å². The van der Waals surface area contributed by atoms with Gasteiger partial charge in [-0.3, -0.25) is 9.80 Å². The second kappa shape index (κ2) is 6.96. The molecular weight excluding hydrogens is 258 g/mol. The van der Waals surface area contributed by atoms with Gasteiger partial charge in [0.1, 0.15) is 4.99 Å². The van der Waals surface area contributed by atoms with Gasteiger partial charge in [-0.25, -0.2) is 0 Å². The van der Waals surface area contributed by atoms with Crippen LogP contribution in [0.1, 0.15) is 11.1 Å². The average Bonchev–Trinajstić information content (AvgIpc) is 2.42. The van der Waals surface area contributed by atoms with Crippen molar-refractivity contribution in [1.82, 2.24) is 9.80 Å². The summed E-state index contributed by atoms with van der Waals surface area (Å²) in [6.45, 7) is 6.09. The Hall–Kier alpha value is -1.01. The molecular formula is C14H21N3OS. The number of thiocarbonyl (C=S) groups is 1. The van der Waals surface area contributed by atoms with E-state index in [1.54, 1.807) is 0 Å². The first-order chi connectivity index (χ1) is 9.19. The quantitative estimate of drug-likeness (QED) is 0.766. The van der Waals surface area contributed by atoms with Crippen molar-refractivity contribution < 1.29 is 5.11 Å². The highest BCUT2D eigenvalue weighted by Gasteiger charge is 2.16. The maximum Gasteiger partial charge on any atom is 0.103 e. The Bertz CT molecular complexity index is 430. The number of hydrogen-bond donors (Lipinski definition) is 2. The fraction of sp³-hybridized carbons (Fsp3) is 0.500. The van der Waals surface area contributed by atoms with E-state index in [-0.39, 0.29) is 6.61 Å². The minimum Gasteiger partial charge on any atom is -0.395 e. The van der Waals surface area contributed by atoms with E-state index in [9.17, 15) is 0 Å². The van der Waals surface area contributed by atoms with Crippen LogP contribution in [0.4, 0.5) is 0 Å². The third-order valence-corrected chi connectivity index (χ3v) is 3.73. The average molecular weight is 279 g/mol. The van der Waals surface area contributed by atoms with Crippen molar-refractivity contribution in [3.8, 4) is 0 Å². The molecule has 1 saturated heterocycles. The lowest BCUT2D eigenvalue weighted by Crippen LogP contribution is -2.46. The molecule has 104 valence electrons. The van der Waals surface area contributed by atoms with Crippen LogP contribution in [0.25, 0.3) is 0 Å². The molecule has 0 aromatic heterocycles. The highest BCUT2D eigenvalue weighted by molar-refractivity contribution is 7.80. The molecule has 19 heavy (non-hydrogen) atoms. The number of nitrogens with two attached hydrogens (primary N) is 1. The number of nitrogens with zero attached hydrogens (tertiary/aromatic N) is 2. The van der Waals surface area contributed by atoms with E-state index < -0.39 is 0 Å². The lowest BCUT2D eigenvalue weighted by Gasteiger charge is -2.34. The number of aliphatic hydroxyl groups excluding tert-OH is 1. The molecule has 0 saturated carbocycles. The molecule has 4 nitrogen and oxygen atoms in total. The minimum absolute atomic E-state index is 0.246. The number of β-amino-alcohol motifs (C(OH)–C–C–N with tert-alkyl or cyclic N) is 1. The van der Waals surface area contributed by atoms with Gasteiger partial charge in [0.05, 0.1) is 6.61 Å². The zero-order chi connectivity index (χ0) is 13.7. The van der Waals surface area contributed by atoms with Crippen LogP contribution in [0.5, 0.6) is 0 Å². The molecule has 5 heteroatoms. The minimum atomic E-state index is 0.246. The van der Waals surface area contributed by atoms with E-state index >= 15 is 0 Å². The van der Waals surface area contributed by atoms with Crippen LogP contribution in [0, 0.1) is 0 Å². The van der Waals surface area contributed by atoms with Gasteiger partial charge in [0.15, 0.2) is 0 Å². The monoisotopic (exact) mass is 279 g/mol. The van der Waals surface area contributed by atoms with Gasteiger partial charge >= 0.3 is 0 Å². The molecule has 1 heterocycles. The van der Waals surface area contributed by atoms with Crippen molar-refractivity contribution in [2.24, 2.45) is 5.73 Å². The van der Waals surface area contributed by atoms with Crippen LogP contribution in [-0.2, 0) is 6.54 Å². The Morgan fingerprint density at radius 1 is 1.21 bits per heavy atom. The van der Waals surface area contributed by atoms with Crippen LogP contribution in [-0.4, -0.2) is 59.2 Å². The normalized spacial score (nSPS) is 17.5. The van der Waals surface area contributed by atoms with Crippen molar-refractivity contribution in [2.75, 3.05) is 39.3 Å².